The number of anilines is 2. The predicted molar refractivity (Wildman–Crippen MR) is 160 cm³/mol. The monoisotopic (exact) mass is 722 g/mol. The number of carbonyl (C=O) groups is 5. The Morgan fingerprint density at radius 2 is 1.47 bits per heavy atom. The highest BCUT2D eigenvalue weighted by molar-refractivity contribution is 6.58. The van der Waals surface area contributed by atoms with Crippen molar-refractivity contribution in [3.8, 4) is 0 Å². The number of furan rings is 1. The largest absolute Gasteiger partial charge is 0.463 e. The number of halogens is 7. The number of allylic oxidation sites excluding steroid dienone is 2. The molecule has 49 heavy (non-hydrogen) atoms. The summed E-state index contributed by atoms with van der Waals surface area (Å²) in [6.07, 6.45) is 0.769. The van der Waals surface area contributed by atoms with Crippen LogP contribution in [0.3, 0.4) is 0 Å². The fourth-order valence-corrected chi connectivity index (χ4v) is 8.53. The van der Waals surface area contributed by atoms with E-state index in [1.165, 1.54) is 49.4 Å². The molecule has 4 amide bonds. The van der Waals surface area contributed by atoms with E-state index in [9.17, 15) is 42.3 Å². The normalized spacial score (nSPS) is 29.3. The average Bonchev–Trinajstić information content (AvgIpc) is 3.70. The van der Waals surface area contributed by atoms with Gasteiger partial charge in [0.05, 0.1) is 23.4 Å². The third-order valence-corrected chi connectivity index (χ3v) is 11.3. The molecule has 0 radical (unpaired) electrons. The number of alkyl halides is 2. The van der Waals surface area contributed by atoms with Crippen LogP contribution in [-0.2, 0) is 25.8 Å². The van der Waals surface area contributed by atoms with Crippen molar-refractivity contribution in [1.82, 2.24) is 0 Å². The molecule has 1 N–H and O–H groups in total. The number of imide groups is 2. The maximum absolute atomic E-state index is 15.1. The van der Waals surface area contributed by atoms with E-state index >= 15 is 8.78 Å². The van der Waals surface area contributed by atoms with E-state index in [1.54, 1.807) is 0 Å². The third kappa shape index (κ3) is 4.23. The van der Waals surface area contributed by atoms with Crippen molar-refractivity contribution >= 4 is 64.0 Å². The first-order valence-corrected chi connectivity index (χ1v) is 15.5. The first kappa shape index (κ1) is 33.1. The summed E-state index contributed by atoms with van der Waals surface area (Å²) >= 11 is 14.1. The summed E-state index contributed by atoms with van der Waals surface area (Å²) < 4.78 is 78.6. The summed E-state index contributed by atoms with van der Waals surface area (Å²) in [6, 6.07) is 8.28. The zero-order valence-corrected chi connectivity index (χ0v) is 26.4. The Morgan fingerprint density at radius 3 is 2.04 bits per heavy atom. The van der Waals surface area contributed by atoms with E-state index < -0.39 is 105 Å². The smallest absolute Gasteiger partial charge is 0.258 e. The Balaban J connectivity index is 1.39. The SMILES string of the molecule is CC(=O)c1ccc(N2C(=O)C3CC=C4C(CC5(Cl)C(=O)N(c6c(F)c(F)c(F)c(F)c6F)C(=O)C5(Cl)C4c4ccc(CO)o4)C3C2=O)cc1. The van der Waals surface area contributed by atoms with Crippen molar-refractivity contribution in [2.45, 2.75) is 42.0 Å². The van der Waals surface area contributed by atoms with Crippen molar-refractivity contribution in [3.63, 3.8) is 0 Å². The van der Waals surface area contributed by atoms with Gasteiger partial charge in [0.25, 0.3) is 11.8 Å². The maximum atomic E-state index is 15.1. The number of ketones is 1. The van der Waals surface area contributed by atoms with Crippen LogP contribution in [0.25, 0.3) is 0 Å². The molecule has 2 aliphatic carbocycles. The standard InChI is InChI=1S/C33H21Cl2F5N2O7/c1-12(44)13-2-4-14(5-3-13)41-28(45)17-8-7-16-18(20(17)29(41)46)10-32(34)30(47)42(27-25(39)23(37)22(36)24(38)26(27)40)31(48)33(32,35)21(16)19-9-6-15(11-43)49-19/h2-7,9,17-18,20-21,43H,8,10-11H2,1H3. The van der Waals surface area contributed by atoms with Gasteiger partial charge < -0.3 is 9.52 Å². The van der Waals surface area contributed by atoms with Gasteiger partial charge in [-0.2, -0.15) is 0 Å². The van der Waals surface area contributed by atoms with Gasteiger partial charge in [0, 0.05) is 5.56 Å². The molecule has 16 heteroatoms. The summed E-state index contributed by atoms with van der Waals surface area (Å²) in [4.78, 5) is 63.2. The van der Waals surface area contributed by atoms with Crippen molar-refractivity contribution in [1.29, 1.82) is 0 Å². The molecule has 2 aromatic carbocycles. The van der Waals surface area contributed by atoms with Gasteiger partial charge in [-0.1, -0.05) is 11.6 Å². The van der Waals surface area contributed by atoms with Crippen molar-refractivity contribution < 1.29 is 55.4 Å². The molecule has 3 heterocycles. The van der Waals surface area contributed by atoms with E-state index in [1.807, 2.05) is 0 Å². The highest BCUT2D eigenvalue weighted by atomic mass is 35.5. The molecule has 0 bridgehead atoms. The predicted octanol–water partition coefficient (Wildman–Crippen LogP) is 5.44. The Labute approximate surface area is 282 Å². The Hall–Kier alpha value is -4.40. The van der Waals surface area contributed by atoms with Crippen molar-refractivity contribution in [2.24, 2.45) is 17.8 Å². The summed E-state index contributed by atoms with van der Waals surface area (Å²) in [5.74, 6) is -22.4. The summed E-state index contributed by atoms with van der Waals surface area (Å²) in [5, 5.41) is 9.69. The number of aliphatic hydroxyl groups excluding tert-OH is 1. The fraction of sp³-hybridized carbons (Fsp3) is 0.303. The summed E-state index contributed by atoms with van der Waals surface area (Å²) in [7, 11) is 0. The molecule has 1 saturated carbocycles. The molecule has 2 aliphatic heterocycles. The second kappa shape index (κ2) is 11.1. The van der Waals surface area contributed by atoms with Crippen LogP contribution in [0.1, 0.15) is 47.6 Å². The lowest BCUT2D eigenvalue weighted by atomic mass is 9.57. The highest BCUT2D eigenvalue weighted by Crippen LogP contribution is 2.66. The topological polar surface area (TPSA) is 125 Å². The molecular formula is C33H21Cl2F5N2O7. The van der Waals surface area contributed by atoms with Crippen LogP contribution in [-0.4, -0.2) is 44.3 Å². The molecule has 6 atom stereocenters. The fourth-order valence-electron chi connectivity index (χ4n) is 7.61. The summed E-state index contributed by atoms with van der Waals surface area (Å²) in [5.41, 5.74) is -1.22. The Morgan fingerprint density at radius 1 is 0.857 bits per heavy atom. The molecule has 6 unspecified atom stereocenters. The van der Waals surface area contributed by atoms with E-state index in [4.69, 9.17) is 27.6 Å². The first-order chi connectivity index (χ1) is 23.1. The minimum atomic E-state index is -2.74. The lowest BCUT2D eigenvalue weighted by Crippen LogP contribution is -2.60. The van der Waals surface area contributed by atoms with Gasteiger partial charge in [-0.3, -0.25) is 28.9 Å². The zero-order chi connectivity index (χ0) is 35.5. The van der Waals surface area contributed by atoms with E-state index in [-0.39, 0.29) is 39.9 Å². The molecule has 254 valence electrons. The second-order valence-electron chi connectivity index (χ2n) is 12.3. The summed E-state index contributed by atoms with van der Waals surface area (Å²) in [6.45, 7) is 0.709. The molecule has 0 spiro atoms. The number of nitrogens with zero attached hydrogens (tertiary/aromatic N) is 2. The van der Waals surface area contributed by atoms with Crippen LogP contribution in [0.2, 0.25) is 0 Å². The van der Waals surface area contributed by atoms with E-state index in [2.05, 4.69) is 0 Å². The number of Topliss-reactive ketones (excluding diaryl/α,β-unsaturated/α-hetero) is 1. The van der Waals surface area contributed by atoms with Gasteiger partial charge in [0.15, 0.2) is 38.8 Å². The van der Waals surface area contributed by atoms with Gasteiger partial charge in [-0.25, -0.2) is 26.9 Å². The zero-order valence-electron chi connectivity index (χ0n) is 24.9. The molecule has 9 nitrogen and oxygen atoms in total. The number of aliphatic hydroxyl groups is 1. The molecule has 2 saturated heterocycles. The Kier molecular flexibility index (Phi) is 7.47. The number of hydrogen-bond acceptors (Lipinski definition) is 7. The van der Waals surface area contributed by atoms with Crippen LogP contribution in [0.4, 0.5) is 33.3 Å². The number of carbonyl (C=O) groups excluding carboxylic acids is 5. The van der Waals surface area contributed by atoms with Gasteiger partial charge in [0.2, 0.25) is 17.6 Å². The number of rotatable bonds is 5. The third-order valence-electron chi connectivity index (χ3n) is 9.88. The van der Waals surface area contributed by atoms with Crippen LogP contribution < -0.4 is 9.80 Å². The van der Waals surface area contributed by atoms with Crippen molar-refractivity contribution in [2.75, 3.05) is 9.80 Å². The van der Waals surface area contributed by atoms with Crippen LogP contribution >= 0.6 is 23.2 Å². The van der Waals surface area contributed by atoms with Gasteiger partial charge >= 0.3 is 0 Å². The van der Waals surface area contributed by atoms with E-state index in [0.29, 0.717) is 5.56 Å². The quantitative estimate of drug-likeness (QED) is 0.0708. The van der Waals surface area contributed by atoms with Gasteiger partial charge in [-0.15, -0.1) is 23.2 Å². The lowest BCUT2D eigenvalue weighted by molar-refractivity contribution is -0.125. The average molecular weight is 723 g/mol. The van der Waals surface area contributed by atoms with Crippen LogP contribution in [0.15, 0.2) is 52.5 Å². The number of amides is 4. The number of benzene rings is 2. The minimum Gasteiger partial charge on any atom is -0.463 e. The highest BCUT2D eigenvalue weighted by Gasteiger charge is 2.77. The maximum Gasteiger partial charge on any atom is 0.258 e. The molecule has 4 aliphatic rings. The van der Waals surface area contributed by atoms with E-state index in [0.717, 1.165) is 4.90 Å². The first-order valence-electron chi connectivity index (χ1n) is 14.8. The second-order valence-corrected chi connectivity index (χ2v) is 13.5. The lowest BCUT2D eigenvalue weighted by Gasteiger charge is -2.49. The minimum absolute atomic E-state index is 0.0347. The van der Waals surface area contributed by atoms with Crippen molar-refractivity contribution in [3.05, 3.63) is 94.2 Å². The van der Waals surface area contributed by atoms with Crippen LogP contribution in [0.5, 0.6) is 0 Å². The van der Waals surface area contributed by atoms with Gasteiger partial charge in [-0.05, 0) is 62.1 Å². The Bertz CT molecular complexity index is 2040. The number of hydrogen-bond donors (Lipinski definition) is 1. The van der Waals surface area contributed by atoms with Crippen LogP contribution in [0, 0.1) is 46.8 Å². The molecule has 3 fully saturated rings. The van der Waals surface area contributed by atoms with Gasteiger partial charge in [0.1, 0.15) is 23.8 Å². The molecular weight excluding hydrogens is 702 g/mol. The molecule has 1 aromatic heterocycles. The molecule has 7 rings (SSSR count). The molecule has 3 aromatic rings. The number of fused-ring (bicyclic) bond motifs is 4.